The first-order valence-corrected chi connectivity index (χ1v) is 2.25. The predicted molar refractivity (Wildman–Crippen MR) is 26.1 cm³/mol. The standard InChI is InChI=1S/C3H9N3O2/c1-3(2)4-6(8)5-7/h3,7H,1-2H3,(H,4,5). The van der Waals surface area contributed by atoms with Crippen LogP contribution in [0.3, 0.4) is 0 Å². The van der Waals surface area contributed by atoms with Crippen molar-refractivity contribution in [2.45, 2.75) is 19.9 Å². The van der Waals surface area contributed by atoms with Crippen LogP contribution in [0.15, 0.2) is 5.28 Å². The second kappa shape index (κ2) is 3.06. The smallest absolute Gasteiger partial charge is 0.230 e. The molecule has 5 nitrogen and oxygen atoms in total. The van der Waals surface area contributed by atoms with Crippen LogP contribution in [-0.2, 0) is 0 Å². The lowest BCUT2D eigenvalue weighted by Crippen LogP contribution is -2.29. The summed E-state index contributed by atoms with van der Waals surface area (Å²) in [5.74, 6) is 0. The molecule has 0 amide bonds. The summed E-state index contributed by atoms with van der Waals surface area (Å²) in [5.41, 5.74) is 2.25. The highest BCUT2D eigenvalue weighted by Gasteiger charge is 1.95. The molecule has 0 aliphatic rings. The van der Waals surface area contributed by atoms with E-state index in [4.69, 9.17) is 5.21 Å². The van der Waals surface area contributed by atoms with Gasteiger partial charge in [-0.3, -0.25) is 0 Å². The van der Waals surface area contributed by atoms with Crippen LogP contribution in [0.4, 0.5) is 0 Å². The fourth-order valence-electron chi connectivity index (χ4n) is 0.247. The monoisotopic (exact) mass is 119 g/mol. The number of nitrogens with one attached hydrogen (secondary N) is 1. The molecule has 0 heterocycles. The van der Waals surface area contributed by atoms with Crippen molar-refractivity contribution in [2.75, 3.05) is 0 Å². The highest BCUT2D eigenvalue weighted by Crippen LogP contribution is 1.74. The Hall–Kier alpha value is -1.00. The van der Waals surface area contributed by atoms with E-state index < -0.39 is 0 Å². The van der Waals surface area contributed by atoms with E-state index in [1.54, 1.807) is 13.8 Å². The maximum absolute atomic E-state index is 10.0. The Bertz CT molecular complexity index is 90.5. The molecule has 0 spiro atoms. The van der Waals surface area contributed by atoms with Crippen LogP contribution in [0.5, 0.6) is 0 Å². The highest BCUT2D eigenvalue weighted by atomic mass is 16.6. The van der Waals surface area contributed by atoms with Gasteiger partial charge in [0.05, 0.1) is 11.0 Å². The molecule has 0 aromatic carbocycles. The van der Waals surface area contributed by atoms with Crippen LogP contribution in [0, 0.1) is 5.21 Å². The Morgan fingerprint density at radius 2 is 2.25 bits per heavy atom. The number of hydrazine groups is 1. The van der Waals surface area contributed by atoms with Crippen LogP contribution < -0.4 is 5.43 Å². The van der Waals surface area contributed by atoms with Crippen LogP contribution in [0.25, 0.3) is 0 Å². The zero-order chi connectivity index (χ0) is 6.57. The lowest BCUT2D eigenvalue weighted by Gasteiger charge is -2.01. The van der Waals surface area contributed by atoms with E-state index in [-0.39, 0.29) is 11.0 Å². The van der Waals surface area contributed by atoms with Crippen LogP contribution >= 0.6 is 0 Å². The van der Waals surface area contributed by atoms with Crippen LogP contribution in [0.2, 0.25) is 0 Å². The van der Waals surface area contributed by atoms with Gasteiger partial charge in [-0.25, -0.2) is 0 Å². The molecule has 0 atom stereocenters. The van der Waals surface area contributed by atoms with Gasteiger partial charge in [0, 0.05) is 0 Å². The zero-order valence-corrected chi connectivity index (χ0v) is 4.83. The molecule has 0 saturated heterocycles. The number of hydrogen-bond acceptors (Lipinski definition) is 2. The van der Waals surface area contributed by atoms with E-state index in [0.717, 1.165) is 0 Å². The average Bonchev–Trinajstić information content (AvgIpc) is 1.65. The Labute approximate surface area is 47.1 Å². The molecule has 48 valence electrons. The molecular formula is C3H9N3O2. The van der Waals surface area contributed by atoms with E-state index in [0.29, 0.717) is 0 Å². The Balaban J connectivity index is 3.39. The van der Waals surface area contributed by atoms with E-state index >= 15 is 0 Å². The summed E-state index contributed by atoms with van der Waals surface area (Å²) in [6.07, 6.45) is 0. The van der Waals surface area contributed by atoms with Crippen molar-refractivity contribution in [3.05, 3.63) is 5.21 Å². The first-order valence-electron chi connectivity index (χ1n) is 2.25. The van der Waals surface area contributed by atoms with E-state index in [1.807, 2.05) is 0 Å². The molecule has 0 radical (unpaired) electrons. The quantitative estimate of drug-likeness (QED) is 0.311. The minimum absolute atomic E-state index is 0.00463. The van der Waals surface area contributed by atoms with Crippen molar-refractivity contribution in [1.82, 2.24) is 5.43 Å². The van der Waals surface area contributed by atoms with E-state index in [9.17, 15) is 5.21 Å². The van der Waals surface area contributed by atoms with E-state index in [1.165, 1.54) is 0 Å². The Morgan fingerprint density at radius 3 is 2.38 bits per heavy atom. The normalized spacial score (nSPS) is 12.1. The minimum Gasteiger partial charge on any atom is -0.569 e. The Morgan fingerprint density at radius 1 is 1.75 bits per heavy atom. The van der Waals surface area contributed by atoms with Gasteiger partial charge in [-0.05, 0) is 13.8 Å². The molecule has 5 heteroatoms. The maximum atomic E-state index is 10.0. The van der Waals surface area contributed by atoms with Crippen molar-refractivity contribution in [3.63, 3.8) is 0 Å². The van der Waals surface area contributed by atoms with Gasteiger partial charge in [0.1, 0.15) is 0 Å². The van der Waals surface area contributed by atoms with Crippen molar-refractivity contribution in [3.8, 4) is 0 Å². The summed E-state index contributed by atoms with van der Waals surface area (Å²) in [6.45, 7) is 3.52. The molecule has 0 aromatic rings. The number of rotatable bonds is 2. The second-order valence-electron chi connectivity index (χ2n) is 1.65. The third-order valence-corrected chi connectivity index (χ3v) is 0.450. The van der Waals surface area contributed by atoms with Gasteiger partial charge in [-0.1, -0.05) is 0 Å². The van der Waals surface area contributed by atoms with Gasteiger partial charge in [0.15, 0.2) is 0 Å². The van der Waals surface area contributed by atoms with Gasteiger partial charge >= 0.3 is 0 Å². The third-order valence-electron chi connectivity index (χ3n) is 0.450. The first-order chi connectivity index (χ1) is 3.66. The van der Waals surface area contributed by atoms with Crippen LogP contribution in [0.1, 0.15) is 13.8 Å². The molecule has 0 saturated carbocycles. The molecule has 0 aliphatic carbocycles. The highest BCUT2D eigenvalue weighted by molar-refractivity contribution is 4.36. The molecule has 0 unspecified atom stereocenters. The van der Waals surface area contributed by atoms with Crippen molar-refractivity contribution < 1.29 is 10.2 Å². The molecule has 0 rings (SSSR count). The van der Waals surface area contributed by atoms with Crippen molar-refractivity contribution >= 4 is 0 Å². The lowest BCUT2D eigenvalue weighted by molar-refractivity contribution is -0.616. The summed E-state index contributed by atoms with van der Waals surface area (Å²) in [5, 5.41) is 20.1. The summed E-state index contributed by atoms with van der Waals surface area (Å²) in [4.78, 5) is 0.00463. The largest absolute Gasteiger partial charge is 0.569 e. The third kappa shape index (κ3) is 3.20. The molecular weight excluding hydrogens is 110 g/mol. The molecule has 2 N–H and O–H groups in total. The number of hydrogen-bond donors (Lipinski definition) is 2. The topological polar surface area (TPSA) is 70.7 Å². The SMILES string of the molecule is CC(C)N/[N+]([O-])=N/O. The molecule has 8 heavy (non-hydrogen) atoms. The molecule has 0 aliphatic heterocycles. The van der Waals surface area contributed by atoms with Gasteiger partial charge in [-0.15, -0.1) is 0 Å². The van der Waals surface area contributed by atoms with Crippen molar-refractivity contribution in [2.24, 2.45) is 5.28 Å². The van der Waals surface area contributed by atoms with E-state index in [2.05, 4.69) is 10.7 Å². The van der Waals surface area contributed by atoms with Gasteiger partial charge in [-0.2, -0.15) is 5.43 Å². The molecule has 0 bridgehead atoms. The first kappa shape index (κ1) is 7.00. The van der Waals surface area contributed by atoms with Gasteiger partial charge < -0.3 is 10.4 Å². The maximum Gasteiger partial charge on any atom is 0.230 e. The van der Waals surface area contributed by atoms with Crippen molar-refractivity contribution in [1.29, 1.82) is 0 Å². The minimum atomic E-state index is -0.0107. The summed E-state index contributed by atoms with van der Waals surface area (Å²) in [6, 6.07) is -0.0107. The summed E-state index contributed by atoms with van der Waals surface area (Å²) in [7, 11) is 0. The molecule has 0 aromatic heterocycles. The van der Waals surface area contributed by atoms with Gasteiger partial charge in [0.2, 0.25) is 5.28 Å². The fourth-order valence-corrected chi connectivity index (χ4v) is 0.247. The molecule has 0 fully saturated rings. The number of nitrogens with zero attached hydrogens (tertiary/aromatic N) is 2. The van der Waals surface area contributed by atoms with Crippen LogP contribution in [-0.4, -0.2) is 16.2 Å². The second-order valence-corrected chi connectivity index (χ2v) is 1.65. The lowest BCUT2D eigenvalue weighted by atomic mass is 10.4. The predicted octanol–water partition coefficient (Wildman–Crippen LogP) is 0.251. The Kier molecular flexibility index (Phi) is 2.68. The summed E-state index contributed by atoms with van der Waals surface area (Å²) < 4.78 is 0. The zero-order valence-electron chi connectivity index (χ0n) is 4.83. The fraction of sp³-hybridized carbons (Fsp3) is 1.00. The average molecular weight is 119 g/mol. The van der Waals surface area contributed by atoms with Gasteiger partial charge in [0.25, 0.3) is 0 Å². The summed E-state index contributed by atoms with van der Waals surface area (Å²) >= 11 is 0.